The molecule has 2 amide bonds. The molecular weight excluding hydrogens is 356 g/mol. The van der Waals surface area contributed by atoms with Crippen LogP contribution >= 0.6 is 11.6 Å². The van der Waals surface area contributed by atoms with Gasteiger partial charge in [-0.25, -0.2) is 0 Å². The van der Waals surface area contributed by atoms with Gasteiger partial charge in [0.25, 0.3) is 0 Å². The van der Waals surface area contributed by atoms with Gasteiger partial charge in [-0.05, 0) is 36.4 Å². The van der Waals surface area contributed by atoms with E-state index in [9.17, 15) is 9.59 Å². The fraction of sp³-hybridized carbons (Fsp3) is 0.263. The number of rotatable bonds is 3. The number of nitrogens with zero attached hydrogens (tertiary/aromatic N) is 1. The smallest absolute Gasteiger partial charge is 0.229 e. The largest absolute Gasteiger partial charge is 0.486 e. The normalized spacial score (nSPS) is 18.7. The fourth-order valence-corrected chi connectivity index (χ4v) is 3.24. The number of amides is 2. The number of nitrogens with one attached hydrogen (secondary N) is 1. The van der Waals surface area contributed by atoms with Crippen LogP contribution in [0.1, 0.15) is 6.42 Å². The van der Waals surface area contributed by atoms with Gasteiger partial charge in [0, 0.05) is 35.4 Å². The number of fused-ring (bicyclic) bond motifs is 1. The Kier molecular flexibility index (Phi) is 4.42. The number of hydrogen-bond acceptors (Lipinski definition) is 4. The Balaban J connectivity index is 1.46. The Labute approximate surface area is 155 Å². The molecule has 1 fully saturated rings. The molecule has 1 N–H and O–H groups in total. The molecule has 0 bridgehead atoms. The maximum atomic E-state index is 12.5. The van der Waals surface area contributed by atoms with Crippen molar-refractivity contribution in [2.45, 2.75) is 6.42 Å². The van der Waals surface area contributed by atoms with Crippen molar-refractivity contribution in [2.75, 3.05) is 30.0 Å². The zero-order valence-corrected chi connectivity index (χ0v) is 14.7. The average Bonchev–Trinajstić information content (AvgIpc) is 3.05. The van der Waals surface area contributed by atoms with Crippen molar-refractivity contribution < 1.29 is 19.1 Å². The molecule has 26 heavy (non-hydrogen) atoms. The van der Waals surface area contributed by atoms with Crippen LogP contribution in [0, 0.1) is 5.92 Å². The fourth-order valence-electron chi connectivity index (χ4n) is 3.11. The molecule has 2 heterocycles. The number of carbonyl (C=O) groups is 2. The molecule has 0 unspecified atom stereocenters. The topological polar surface area (TPSA) is 67.9 Å². The number of benzene rings is 2. The van der Waals surface area contributed by atoms with Gasteiger partial charge in [-0.1, -0.05) is 11.6 Å². The van der Waals surface area contributed by atoms with Crippen LogP contribution in [0.4, 0.5) is 11.4 Å². The van der Waals surface area contributed by atoms with Crippen LogP contribution in [0.25, 0.3) is 0 Å². The van der Waals surface area contributed by atoms with E-state index < -0.39 is 5.92 Å². The van der Waals surface area contributed by atoms with Gasteiger partial charge in [0.1, 0.15) is 13.2 Å². The minimum absolute atomic E-state index is 0.0852. The molecule has 2 aromatic carbocycles. The minimum atomic E-state index is -0.411. The van der Waals surface area contributed by atoms with E-state index in [0.717, 1.165) is 0 Å². The maximum Gasteiger partial charge on any atom is 0.229 e. The molecule has 1 atom stereocenters. The van der Waals surface area contributed by atoms with E-state index in [1.54, 1.807) is 41.3 Å². The quantitative estimate of drug-likeness (QED) is 0.899. The van der Waals surface area contributed by atoms with Gasteiger partial charge < -0.3 is 19.7 Å². The third-order valence-electron chi connectivity index (χ3n) is 4.45. The first-order chi connectivity index (χ1) is 12.6. The van der Waals surface area contributed by atoms with Crippen LogP contribution in [0.2, 0.25) is 5.02 Å². The van der Waals surface area contributed by atoms with Crippen molar-refractivity contribution in [1.29, 1.82) is 0 Å². The molecule has 0 saturated carbocycles. The minimum Gasteiger partial charge on any atom is -0.486 e. The molecular formula is C19H17ClN2O4. The highest BCUT2D eigenvalue weighted by Crippen LogP contribution is 2.36. The van der Waals surface area contributed by atoms with E-state index in [-0.39, 0.29) is 18.2 Å². The molecule has 134 valence electrons. The molecule has 2 aliphatic rings. The van der Waals surface area contributed by atoms with Gasteiger partial charge in [-0.3, -0.25) is 9.59 Å². The van der Waals surface area contributed by atoms with Crippen LogP contribution in [-0.4, -0.2) is 31.6 Å². The average molecular weight is 373 g/mol. The molecule has 1 saturated heterocycles. The lowest BCUT2D eigenvalue weighted by molar-refractivity contribution is -0.122. The van der Waals surface area contributed by atoms with Gasteiger partial charge in [-0.15, -0.1) is 0 Å². The summed E-state index contributed by atoms with van der Waals surface area (Å²) in [6.07, 6.45) is 0.174. The molecule has 2 aromatic rings. The molecule has 2 aliphatic heterocycles. The SMILES string of the molecule is O=C(Nc1ccc(Cl)cc1)[C@@H]1CC(=O)N(c2ccc3c(c2)OCCO3)C1. The number of hydrogen-bond donors (Lipinski definition) is 1. The highest BCUT2D eigenvalue weighted by molar-refractivity contribution is 6.30. The number of carbonyl (C=O) groups excluding carboxylic acids is 2. The van der Waals surface area contributed by atoms with Crippen molar-refractivity contribution in [3.63, 3.8) is 0 Å². The van der Waals surface area contributed by atoms with Crippen molar-refractivity contribution in [2.24, 2.45) is 5.92 Å². The molecule has 7 heteroatoms. The van der Waals surface area contributed by atoms with Crippen molar-refractivity contribution >= 4 is 34.8 Å². The zero-order valence-electron chi connectivity index (χ0n) is 13.9. The lowest BCUT2D eigenvalue weighted by Crippen LogP contribution is -2.28. The number of ether oxygens (including phenoxy) is 2. The summed E-state index contributed by atoms with van der Waals surface area (Å²) in [4.78, 5) is 26.5. The van der Waals surface area contributed by atoms with Gasteiger partial charge in [0.15, 0.2) is 11.5 Å². The monoisotopic (exact) mass is 372 g/mol. The molecule has 0 aromatic heterocycles. The first-order valence-electron chi connectivity index (χ1n) is 8.36. The second-order valence-electron chi connectivity index (χ2n) is 6.23. The predicted octanol–water partition coefficient (Wildman–Crippen LogP) is 3.10. The van der Waals surface area contributed by atoms with Gasteiger partial charge in [0.05, 0.1) is 5.92 Å². The molecule has 4 rings (SSSR count). The number of halogens is 1. The zero-order chi connectivity index (χ0) is 18.1. The van der Waals surface area contributed by atoms with Crippen molar-refractivity contribution in [1.82, 2.24) is 0 Å². The summed E-state index contributed by atoms with van der Waals surface area (Å²) >= 11 is 5.85. The second-order valence-corrected chi connectivity index (χ2v) is 6.67. The third-order valence-corrected chi connectivity index (χ3v) is 4.70. The Morgan fingerprint density at radius 3 is 2.58 bits per heavy atom. The Morgan fingerprint density at radius 1 is 1.08 bits per heavy atom. The van der Waals surface area contributed by atoms with E-state index in [4.69, 9.17) is 21.1 Å². The van der Waals surface area contributed by atoms with Crippen molar-refractivity contribution in [3.05, 3.63) is 47.5 Å². The highest BCUT2D eigenvalue weighted by Gasteiger charge is 2.35. The molecule has 0 spiro atoms. The van der Waals surface area contributed by atoms with Crippen LogP contribution in [0.15, 0.2) is 42.5 Å². The van der Waals surface area contributed by atoms with Crippen LogP contribution in [0.3, 0.4) is 0 Å². The Morgan fingerprint density at radius 2 is 1.81 bits per heavy atom. The Hall–Kier alpha value is -2.73. The Bertz CT molecular complexity index is 853. The molecule has 6 nitrogen and oxygen atoms in total. The summed E-state index contributed by atoms with van der Waals surface area (Å²) in [5.74, 6) is 0.615. The van der Waals surface area contributed by atoms with Crippen LogP contribution in [0.5, 0.6) is 11.5 Å². The van der Waals surface area contributed by atoms with Gasteiger partial charge in [0.2, 0.25) is 11.8 Å². The first kappa shape index (κ1) is 16.7. The summed E-state index contributed by atoms with van der Waals surface area (Å²) < 4.78 is 11.1. The van der Waals surface area contributed by atoms with Crippen molar-refractivity contribution in [3.8, 4) is 11.5 Å². The summed E-state index contributed by atoms with van der Waals surface area (Å²) in [5, 5.41) is 3.43. The molecule has 0 aliphatic carbocycles. The van der Waals surface area contributed by atoms with Crippen LogP contribution in [-0.2, 0) is 9.59 Å². The predicted molar refractivity (Wildman–Crippen MR) is 98.0 cm³/mol. The van der Waals surface area contributed by atoms with E-state index in [0.29, 0.717) is 47.7 Å². The summed E-state index contributed by atoms with van der Waals surface area (Å²) in [6, 6.07) is 12.3. The first-order valence-corrected chi connectivity index (χ1v) is 8.74. The summed E-state index contributed by atoms with van der Waals surface area (Å²) in [7, 11) is 0. The second kappa shape index (κ2) is 6.88. The van der Waals surface area contributed by atoms with Crippen LogP contribution < -0.4 is 19.7 Å². The standard InChI is InChI=1S/C19H17ClN2O4/c20-13-1-3-14(4-2-13)21-19(24)12-9-18(23)22(11-12)15-5-6-16-17(10-15)26-8-7-25-16/h1-6,10,12H,7-9,11H2,(H,21,24)/t12-/m1/s1. The van der Waals surface area contributed by atoms with Gasteiger partial charge in [-0.2, -0.15) is 0 Å². The van der Waals surface area contributed by atoms with E-state index in [2.05, 4.69) is 5.32 Å². The lowest BCUT2D eigenvalue weighted by atomic mass is 10.1. The van der Waals surface area contributed by atoms with E-state index >= 15 is 0 Å². The van der Waals surface area contributed by atoms with Gasteiger partial charge >= 0.3 is 0 Å². The third kappa shape index (κ3) is 3.32. The molecule has 0 radical (unpaired) electrons. The van der Waals surface area contributed by atoms with E-state index in [1.165, 1.54) is 0 Å². The van der Waals surface area contributed by atoms with E-state index in [1.807, 2.05) is 6.07 Å². The summed E-state index contributed by atoms with van der Waals surface area (Å²) in [5.41, 5.74) is 1.37. The maximum absolute atomic E-state index is 12.5. The number of anilines is 2. The highest BCUT2D eigenvalue weighted by atomic mass is 35.5. The lowest BCUT2D eigenvalue weighted by Gasteiger charge is -2.22. The summed E-state index contributed by atoms with van der Waals surface area (Å²) in [6.45, 7) is 1.33.